The maximum absolute atomic E-state index is 5.90. The number of para-hydroxylation sites is 1. The summed E-state index contributed by atoms with van der Waals surface area (Å²) in [6.07, 6.45) is 1.60. The Labute approximate surface area is 103 Å². The molecule has 0 bridgehead atoms. The number of benzene rings is 1. The normalized spacial score (nSPS) is 16.6. The Kier molecular flexibility index (Phi) is 2.53. The topological polar surface area (TPSA) is 55.1 Å². The maximum Gasteiger partial charge on any atom is 0.244 e. The summed E-state index contributed by atoms with van der Waals surface area (Å²) in [5.74, 6) is 1.70. The van der Waals surface area contributed by atoms with Crippen molar-refractivity contribution in [2.75, 3.05) is 5.43 Å². The van der Waals surface area contributed by atoms with E-state index in [2.05, 4.69) is 20.6 Å². The Morgan fingerprint density at radius 2 is 2.00 bits per heavy atom. The average molecular weight is 248 g/mol. The standard InChI is InChI=1S/C11H10ClN5/c12-11-15-14-10-7-6-9(16-17(10)11)13-8-4-2-1-3-5-8/h1-5H,6-7H2,(H,13,16). The molecule has 0 unspecified atom stereocenters. The molecule has 2 aromatic rings. The van der Waals surface area contributed by atoms with Gasteiger partial charge in [-0.2, -0.15) is 0 Å². The van der Waals surface area contributed by atoms with E-state index in [-0.39, 0.29) is 0 Å². The molecule has 0 atom stereocenters. The van der Waals surface area contributed by atoms with Crippen LogP contribution < -0.4 is 5.43 Å². The van der Waals surface area contributed by atoms with Crippen LogP contribution in [-0.4, -0.2) is 20.7 Å². The van der Waals surface area contributed by atoms with Gasteiger partial charge in [0.25, 0.3) is 0 Å². The second kappa shape index (κ2) is 4.18. The third-order valence-corrected chi connectivity index (χ3v) is 2.78. The summed E-state index contributed by atoms with van der Waals surface area (Å²) >= 11 is 5.90. The summed E-state index contributed by atoms with van der Waals surface area (Å²) in [5.41, 5.74) is 4.02. The molecule has 0 amide bonds. The van der Waals surface area contributed by atoms with Crippen LogP contribution in [0.1, 0.15) is 12.2 Å². The van der Waals surface area contributed by atoms with Crippen LogP contribution in [-0.2, 0) is 6.42 Å². The van der Waals surface area contributed by atoms with E-state index in [1.165, 1.54) is 0 Å². The molecule has 0 saturated heterocycles. The van der Waals surface area contributed by atoms with Crippen LogP contribution in [0.4, 0.5) is 5.69 Å². The quantitative estimate of drug-likeness (QED) is 0.840. The van der Waals surface area contributed by atoms with Gasteiger partial charge in [-0.3, -0.25) is 5.43 Å². The molecule has 1 N–H and O–H groups in total. The number of nitrogens with one attached hydrogen (secondary N) is 1. The molecule has 0 fully saturated rings. The fourth-order valence-electron chi connectivity index (χ4n) is 1.72. The van der Waals surface area contributed by atoms with Gasteiger partial charge < -0.3 is 0 Å². The van der Waals surface area contributed by atoms with Gasteiger partial charge in [-0.25, -0.2) is 9.67 Å². The van der Waals surface area contributed by atoms with Gasteiger partial charge >= 0.3 is 0 Å². The first-order chi connectivity index (χ1) is 8.33. The lowest BCUT2D eigenvalue weighted by Gasteiger charge is -2.17. The van der Waals surface area contributed by atoms with Crippen molar-refractivity contribution in [3.05, 3.63) is 41.4 Å². The van der Waals surface area contributed by atoms with Crippen LogP contribution in [0.2, 0.25) is 5.28 Å². The molecule has 1 aromatic carbocycles. The maximum atomic E-state index is 5.90. The minimum atomic E-state index is 0.334. The second-order valence-corrected chi connectivity index (χ2v) is 4.06. The van der Waals surface area contributed by atoms with Crippen LogP contribution in [0, 0.1) is 0 Å². The van der Waals surface area contributed by atoms with Crippen LogP contribution in [0.25, 0.3) is 0 Å². The summed E-state index contributed by atoms with van der Waals surface area (Å²) in [6.45, 7) is 0. The van der Waals surface area contributed by atoms with Crippen molar-refractivity contribution < 1.29 is 0 Å². The predicted octanol–water partition coefficient (Wildman–Crippen LogP) is 2.15. The van der Waals surface area contributed by atoms with E-state index in [9.17, 15) is 0 Å². The molecule has 6 heteroatoms. The van der Waals surface area contributed by atoms with Crippen LogP contribution in [0.5, 0.6) is 0 Å². The van der Waals surface area contributed by atoms with Gasteiger partial charge in [0.2, 0.25) is 5.28 Å². The summed E-state index contributed by atoms with van der Waals surface area (Å²) in [6, 6.07) is 9.79. The number of halogens is 1. The highest BCUT2D eigenvalue weighted by Crippen LogP contribution is 2.16. The summed E-state index contributed by atoms with van der Waals surface area (Å²) in [5, 5.41) is 8.10. The van der Waals surface area contributed by atoms with E-state index in [1.807, 2.05) is 30.3 Å². The first-order valence-electron chi connectivity index (χ1n) is 5.32. The van der Waals surface area contributed by atoms with Crippen molar-refractivity contribution in [3.63, 3.8) is 0 Å². The molecule has 0 radical (unpaired) electrons. The third-order valence-electron chi connectivity index (χ3n) is 2.54. The molecule has 17 heavy (non-hydrogen) atoms. The van der Waals surface area contributed by atoms with Crippen molar-refractivity contribution in [1.82, 2.24) is 14.9 Å². The fraction of sp³-hybridized carbons (Fsp3) is 0.182. The zero-order valence-electron chi connectivity index (χ0n) is 8.97. The highest BCUT2D eigenvalue weighted by atomic mass is 35.5. The van der Waals surface area contributed by atoms with Crippen LogP contribution >= 0.6 is 11.6 Å². The lowest BCUT2D eigenvalue weighted by atomic mass is 10.2. The number of fused-ring (bicyclic) bond motifs is 1. The molecule has 3 rings (SSSR count). The summed E-state index contributed by atoms with van der Waals surface area (Å²) in [4.78, 5) is 4.51. The number of rotatable bonds is 1. The average Bonchev–Trinajstić information content (AvgIpc) is 2.73. The van der Waals surface area contributed by atoms with Gasteiger partial charge in [-0.15, -0.1) is 10.2 Å². The molecule has 2 heterocycles. The van der Waals surface area contributed by atoms with Crippen molar-refractivity contribution in [2.24, 2.45) is 4.99 Å². The number of hydrogen-bond acceptors (Lipinski definition) is 3. The van der Waals surface area contributed by atoms with Gasteiger partial charge in [-0.05, 0) is 23.7 Å². The zero-order chi connectivity index (χ0) is 11.7. The molecule has 5 nitrogen and oxygen atoms in total. The highest BCUT2D eigenvalue weighted by Gasteiger charge is 2.17. The largest absolute Gasteiger partial charge is 0.277 e. The van der Waals surface area contributed by atoms with Crippen LogP contribution in [0.3, 0.4) is 0 Å². The molecule has 86 valence electrons. The third kappa shape index (κ3) is 2.01. The van der Waals surface area contributed by atoms with Gasteiger partial charge in [0, 0.05) is 12.8 Å². The fourth-order valence-corrected chi connectivity index (χ4v) is 1.90. The number of hydrogen-bond donors (Lipinski definition) is 1. The Morgan fingerprint density at radius 1 is 1.18 bits per heavy atom. The predicted molar refractivity (Wildman–Crippen MR) is 66.3 cm³/mol. The molecule has 1 aliphatic heterocycles. The molecule has 0 aliphatic carbocycles. The SMILES string of the molecule is Clc1nnc2n1NC(=Nc1ccccc1)CC2. The van der Waals surface area contributed by atoms with Gasteiger partial charge in [0.1, 0.15) is 5.84 Å². The number of nitrogens with zero attached hydrogens (tertiary/aromatic N) is 4. The van der Waals surface area contributed by atoms with Crippen molar-refractivity contribution in [3.8, 4) is 0 Å². The van der Waals surface area contributed by atoms with Crippen molar-refractivity contribution in [2.45, 2.75) is 12.8 Å². The van der Waals surface area contributed by atoms with E-state index in [4.69, 9.17) is 11.6 Å². The minimum absolute atomic E-state index is 0.334. The highest BCUT2D eigenvalue weighted by molar-refractivity contribution is 6.28. The molecule has 0 spiro atoms. The Morgan fingerprint density at radius 3 is 2.82 bits per heavy atom. The van der Waals surface area contributed by atoms with E-state index in [0.29, 0.717) is 5.28 Å². The Hall–Kier alpha value is -1.88. The number of aryl methyl sites for hydroxylation is 1. The lowest BCUT2D eigenvalue weighted by molar-refractivity contribution is 0.773. The molecule has 0 saturated carbocycles. The zero-order valence-corrected chi connectivity index (χ0v) is 9.72. The first-order valence-corrected chi connectivity index (χ1v) is 5.70. The first kappa shape index (κ1) is 10.3. The van der Waals surface area contributed by atoms with E-state index in [1.54, 1.807) is 4.68 Å². The second-order valence-electron chi connectivity index (χ2n) is 3.73. The number of aromatic nitrogens is 3. The van der Waals surface area contributed by atoms with Crippen molar-refractivity contribution >= 4 is 23.1 Å². The molecular weight excluding hydrogens is 238 g/mol. The van der Waals surface area contributed by atoms with Gasteiger partial charge in [0.15, 0.2) is 5.82 Å². The van der Waals surface area contributed by atoms with E-state index >= 15 is 0 Å². The smallest absolute Gasteiger partial charge is 0.244 e. The van der Waals surface area contributed by atoms with E-state index in [0.717, 1.165) is 30.2 Å². The van der Waals surface area contributed by atoms with Gasteiger partial charge in [0.05, 0.1) is 5.69 Å². The summed E-state index contributed by atoms with van der Waals surface area (Å²) in [7, 11) is 0. The lowest BCUT2D eigenvalue weighted by Crippen LogP contribution is -2.30. The molecule has 1 aromatic heterocycles. The minimum Gasteiger partial charge on any atom is -0.277 e. The van der Waals surface area contributed by atoms with Crippen LogP contribution in [0.15, 0.2) is 35.3 Å². The molecule has 1 aliphatic rings. The Balaban J connectivity index is 1.89. The Bertz CT molecular complexity index is 560. The van der Waals surface area contributed by atoms with E-state index < -0.39 is 0 Å². The van der Waals surface area contributed by atoms with Crippen molar-refractivity contribution in [1.29, 1.82) is 0 Å². The van der Waals surface area contributed by atoms with Gasteiger partial charge in [-0.1, -0.05) is 18.2 Å². The monoisotopic (exact) mass is 247 g/mol. The number of aliphatic imine (C=N–C) groups is 1. The summed E-state index contributed by atoms with van der Waals surface area (Å²) < 4.78 is 1.66. The number of amidine groups is 1. The molecular formula is C11H10ClN5.